The molecular formula is C12H16O2. The van der Waals surface area contributed by atoms with Crippen LogP contribution < -0.4 is 0 Å². The molecule has 0 amide bonds. The highest BCUT2D eigenvalue weighted by molar-refractivity contribution is 5.75. The minimum Gasteiger partial charge on any atom is -0.481 e. The number of hydrogen-bond acceptors (Lipinski definition) is 1. The first-order valence-electron chi connectivity index (χ1n) is 4.85. The summed E-state index contributed by atoms with van der Waals surface area (Å²) in [6.45, 7) is 5.91. The molecule has 0 unspecified atom stereocenters. The van der Waals surface area contributed by atoms with E-state index < -0.39 is 11.9 Å². The molecule has 0 heterocycles. The minimum absolute atomic E-state index is 0.423. The second-order valence-electron chi connectivity index (χ2n) is 3.88. The molecule has 0 aliphatic rings. The van der Waals surface area contributed by atoms with Gasteiger partial charge in [0.15, 0.2) is 0 Å². The van der Waals surface area contributed by atoms with Crippen molar-refractivity contribution in [3.8, 4) is 0 Å². The lowest BCUT2D eigenvalue weighted by Gasteiger charge is -2.10. The zero-order chi connectivity index (χ0) is 10.7. The topological polar surface area (TPSA) is 37.3 Å². The molecule has 0 aromatic heterocycles. The Bertz CT molecular complexity index is 329. The van der Waals surface area contributed by atoms with Gasteiger partial charge < -0.3 is 5.11 Å². The molecule has 0 aliphatic heterocycles. The molecule has 1 aromatic rings. The summed E-state index contributed by atoms with van der Waals surface area (Å²) in [6.07, 6.45) is 0. The number of rotatable bonds is 3. The summed E-state index contributed by atoms with van der Waals surface area (Å²) in [4.78, 5) is 10.8. The van der Waals surface area contributed by atoms with Gasteiger partial charge in [0.1, 0.15) is 0 Å². The van der Waals surface area contributed by atoms with Crippen LogP contribution in [0.2, 0.25) is 0 Å². The van der Waals surface area contributed by atoms with Crippen molar-refractivity contribution in [1.82, 2.24) is 0 Å². The monoisotopic (exact) mass is 192 g/mol. The maximum Gasteiger partial charge on any atom is 0.310 e. The Morgan fingerprint density at radius 1 is 1.21 bits per heavy atom. The van der Waals surface area contributed by atoms with Crippen LogP contribution in [0.3, 0.4) is 0 Å². The molecule has 76 valence electrons. The van der Waals surface area contributed by atoms with Gasteiger partial charge in [0.2, 0.25) is 0 Å². The second-order valence-corrected chi connectivity index (χ2v) is 3.88. The number of carboxylic acids is 1. The molecule has 14 heavy (non-hydrogen) atoms. The van der Waals surface area contributed by atoms with E-state index in [0.29, 0.717) is 5.92 Å². The fraction of sp³-hybridized carbons (Fsp3) is 0.417. The maximum atomic E-state index is 10.8. The van der Waals surface area contributed by atoms with Crippen LogP contribution in [0.5, 0.6) is 0 Å². The van der Waals surface area contributed by atoms with Crippen molar-refractivity contribution in [2.24, 2.45) is 0 Å². The van der Waals surface area contributed by atoms with E-state index in [1.807, 2.05) is 24.3 Å². The van der Waals surface area contributed by atoms with Crippen molar-refractivity contribution in [3.63, 3.8) is 0 Å². The van der Waals surface area contributed by atoms with Crippen LogP contribution in [-0.4, -0.2) is 11.1 Å². The van der Waals surface area contributed by atoms with Gasteiger partial charge in [-0.25, -0.2) is 0 Å². The standard InChI is InChI=1S/C12H16O2/c1-8(2)10-5-4-6-11(7-10)9(3)12(13)14/h4-9H,1-3H3,(H,13,14)/t9-/m1/s1. The van der Waals surface area contributed by atoms with Crippen LogP contribution in [0.4, 0.5) is 0 Å². The van der Waals surface area contributed by atoms with Crippen molar-refractivity contribution in [2.75, 3.05) is 0 Å². The average molecular weight is 192 g/mol. The number of aliphatic carboxylic acids is 1. The Kier molecular flexibility index (Phi) is 3.28. The molecule has 0 fully saturated rings. The highest BCUT2D eigenvalue weighted by Crippen LogP contribution is 2.21. The largest absolute Gasteiger partial charge is 0.481 e. The van der Waals surface area contributed by atoms with E-state index in [0.717, 1.165) is 5.56 Å². The highest BCUT2D eigenvalue weighted by atomic mass is 16.4. The molecule has 0 radical (unpaired) electrons. The van der Waals surface area contributed by atoms with E-state index in [4.69, 9.17) is 5.11 Å². The van der Waals surface area contributed by atoms with Gasteiger partial charge in [-0.15, -0.1) is 0 Å². The van der Waals surface area contributed by atoms with Crippen LogP contribution >= 0.6 is 0 Å². The lowest BCUT2D eigenvalue weighted by atomic mass is 9.95. The number of benzene rings is 1. The Morgan fingerprint density at radius 3 is 2.29 bits per heavy atom. The SMILES string of the molecule is CC(C)c1cccc([C@@H](C)C(=O)O)c1. The van der Waals surface area contributed by atoms with Crippen molar-refractivity contribution in [3.05, 3.63) is 35.4 Å². The first kappa shape index (κ1) is 10.8. The smallest absolute Gasteiger partial charge is 0.310 e. The van der Waals surface area contributed by atoms with Crippen LogP contribution in [0, 0.1) is 0 Å². The van der Waals surface area contributed by atoms with E-state index in [2.05, 4.69) is 13.8 Å². The molecule has 0 spiro atoms. The minimum atomic E-state index is -0.772. The molecule has 1 N–H and O–H groups in total. The van der Waals surface area contributed by atoms with Crippen molar-refractivity contribution < 1.29 is 9.90 Å². The van der Waals surface area contributed by atoms with Crippen LogP contribution in [0.25, 0.3) is 0 Å². The molecule has 0 saturated carbocycles. The van der Waals surface area contributed by atoms with Crippen molar-refractivity contribution in [2.45, 2.75) is 32.6 Å². The predicted molar refractivity (Wildman–Crippen MR) is 56.6 cm³/mol. The van der Waals surface area contributed by atoms with Crippen molar-refractivity contribution >= 4 is 5.97 Å². The normalized spacial score (nSPS) is 12.9. The Morgan fingerprint density at radius 2 is 1.79 bits per heavy atom. The summed E-state index contributed by atoms with van der Waals surface area (Å²) in [5.41, 5.74) is 2.07. The summed E-state index contributed by atoms with van der Waals surface area (Å²) in [7, 11) is 0. The third kappa shape index (κ3) is 2.34. The Hall–Kier alpha value is -1.31. The van der Waals surface area contributed by atoms with Gasteiger partial charge in [0.05, 0.1) is 5.92 Å². The van der Waals surface area contributed by atoms with Crippen LogP contribution in [0.15, 0.2) is 24.3 Å². The summed E-state index contributed by atoms with van der Waals surface area (Å²) >= 11 is 0. The molecule has 0 bridgehead atoms. The summed E-state index contributed by atoms with van der Waals surface area (Å²) in [5, 5.41) is 8.86. The third-order valence-corrected chi connectivity index (χ3v) is 2.45. The molecule has 1 rings (SSSR count). The van der Waals surface area contributed by atoms with Crippen LogP contribution in [-0.2, 0) is 4.79 Å². The molecule has 0 aliphatic carbocycles. The van der Waals surface area contributed by atoms with E-state index in [1.54, 1.807) is 6.92 Å². The molecular weight excluding hydrogens is 176 g/mol. The zero-order valence-electron chi connectivity index (χ0n) is 8.82. The first-order chi connectivity index (χ1) is 6.52. The summed E-state index contributed by atoms with van der Waals surface area (Å²) < 4.78 is 0. The second kappa shape index (κ2) is 4.27. The van der Waals surface area contributed by atoms with Gasteiger partial charge >= 0.3 is 5.97 Å². The molecule has 2 heteroatoms. The summed E-state index contributed by atoms with van der Waals surface area (Å²) in [6, 6.07) is 7.79. The quantitative estimate of drug-likeness (QED) is 0.799. The fourth-order valence-electron chi connectivity index (χ4n) is 1.33. The lowest BCUT2D eigenvalue weighted by molar-refractivity contribution is -0.138. The number of carbonyl (C=O) groups is 1. The van der Waals surface area contributed by atoms with Crippen molar-refractivity contribution in [1.29, 1.82) is 0 Å². The van der Waals surface area contributed by atoms with Gasteiger partial charge in [0.25, 0.3) is 0 Å². The first-order valence-corrected chi connectivity index (χ1v) is 4.85. The third-order valence-electron chi connectivity index (χ3n) is 2.45. The lowest BCUT2D eigenvalue weighted by Crippen LogP contribution is -2.07. The molecule has 1 aromatic carbocycles. The Balaban J connectivity index is 2.99. The van der Waals surface area contributed by atoms with E-state index in [1.165, 1.54) is 5.56 Å². The van der Waals surface area contributed by atoms with E-state index in [-0.39, 0.29) is 0 Å². The fourth-order valence-corrected chi connectivity index (χ4v) is 1.33. The van der Waals surface area contributed by atoms with Gasteiger partial charge in [0, 0.05) is 0 Å². The zero-order valence-corrected chi connectivity index (χ0v) is 8.82. The van der Waals surface area contributed by atoms with E-state index in [9.17, 15) is 4.79 Å². The number of hydrogen-bond donors (Lipinski definition) is 1. The van der Waals surface area contributed by atoms with Crippen LogP contribution in [0.1, 0.15) is 43.7 Å². The number of carboxylic acid groups (broad SMARTS) is 1. The Labute approximate surface area is 84.6 Å². The van der Waals surface area contributed by atoms with Gasteiger partial charge in [-0.2, -0.15) is 0 Å². The highest BCUT2D eigenvalue weighted by Gasteiger charge is 2.13. The van der Waals surface area contributed by atoms with Gasteiger partial charge in [-0.1, -0.05) is 38.1 Å². The van der Waals surface area contributed by atoms with E-state index >= 15 is 0 Å². The summed E-state index contributed by atoms with van der Waals surface area (Å²) in [5.74, 6) is -0.754. The predicted octanol–water partition coefficient (Wildman–Crippen LogP) is 3.00. The molecule has 0 saturated heterocycles. The maximum absolute atomic E-state index is 10.8. The molecule has 1 atom stereocenters. The average Bonchev–Trinajstić information content (AvgIpc) is 2.16. The van der Waals surface area contributed by atoms with Gasteiger partial charge in [-0.05, 0) is 24.0 Å². The van der Waals surface area contributed by atoms with Gasteiger partial charge in [-0.3, -0.25) is 4.79 Å². The molecule has 2 nitrogen and oxygen atoms in total.